The van der Waals surface area contributed by atoms with Gasteiger partial charge in [0.05, 0.1) is 5.56 Å². The number of ether oxygens (including phenoxy) is 1. The molecule has 2 aliphatic heterocycles. The molecule has 0 spiro atoms. The van der Waals surface area contributed by atoms with Gasteiger partial charge in [-0.25, -0.2) is 17.6 Å². The zero-order chi connectivity index (χ0) is 23.5. The number of piperidine rings is 2. The fourth-order valence-electron chi connectivity index (χ4n) is 4.37. The lowest BCUT2D eigenvalue weighted by Gasteiger charge is -2.37. The quantitative estimate of drug-likeness (QED) is 0.639. The molecule has 2 aromatic carbocycles. The van der Waals surface area contributed by atoms with Crippen molar-refractivity contribution in [2.24, 2.45) is 5.92 Å². The van der Waals surface area contributed by atoms with Gasteiger partial charge < -0.3 is 14.5 Å². The van der Waals surface area contributed by atoms with Crippen molar-refractivity contribution in [1.82, 2.24) is 9.80 Å². The molecule has 0 saturated carbocycles. The van der Waals surface area contributed by atoms with E-state index in [2.05, 4.69) is 0 Å². The molecule has 33 heavy (non-hydrogen) atoms. The maximum Gasteiger partial charge on any atom is 0.256 e. The van der Waals surface area contributed by atoms with Gasteiger partial charge in [-0.05, 0) is 37.1 Å². The second kappa shape index (κ2) is 9.80. The van der Waals surface area contributed by atoms with Gasteiger partial charge in [-0.3, -0.25) is 9.59 Å². The smallest absolute Gasteiger partial charge is 0.256 e. The molecule has 5 nitrogen and oxygen atoms in total. The van der Waals surface area contributed by atoms with Gasteiger partial charge >= 0.3 is 0 Å². The molecular weight excluding hydrogens is 440 g/mol. The first kappa shape index (κ1) is 23.1. The summed E-state index contributed by atoms with van der Waals surface area (Å²) in [6, 6.07) is 6.03. The first-order valence-corrected chi connectivity index (χ1v) is 11.0. The van der Waals surface area contributed by atoms with Crippen LogP contribution in [0.15, 0.2) is 36.4 Å². The number of hydrogen-bond acceptors (Lipinski definition) is 3. The van der Waals surface area contributed by atoms with Gasteiger partial charge in [0.1, 0.15) is 23.6 Å². The van der Waals surface area contributed by atoms with Gasteiger partial charge in [-0.2, -0.15) is 0 Å². The molecule has 2 saturated heterocycles. The maximum absolute atomic E-state index is 13.9. The second-order valence-electron chi connectivity index (χ2n) is 8.41. The van der Waals surface area contributed by atoms with E-state index in [1.165, 1.54) is 11.0 Å². The Bertz CT molecular complexity index is 1030. The summed E-state index contributed by atoms with van der Waals surface area (Å²) in [5.41, 5.74) is -0.180. The number of carbonyl (C=O) groups excluding carboxylic acids is 2. The van der Waals surface area contributed by atoms with Gasteiger partial charge in [0.2, 0.25) is 5.91 Å². The predicted molar refractivity (Wildman–Crippen MR) is 112 cm³/mol. The largest absolute Gasteiger partial charge is 0.487 e. The van der Waals surface area contributed by atoms with Crippen molar-refractivity contribution in [2.45, 2.75) is 31.8 Å². The van der Waals surface area contributed by atoms with Crippen LogP contribution in [0.4, 0.5) is 17.6 Å². The SMILES string of the molecule is O=C(c1ccc(F)cc1F)N1CCC(C(=O)N2CCC(Oc3ccc(F)cc3F)CC2)CC1. The molecule has 2 amide bonds. The third-order valence-corrected chi connectivity index (χ3v) is 6.23. The van der Waals surface area contributed by atoms with E-state index in [0.29, 0.717) is 57.9 Å². The molecule has 176 valence electrons. The van der Waals surface area contributed by atoms with Crippen LogP contribution >= 0.6 is 0 Å². The molecule has 0 radical (unpaired) electrons. The lowest BCUT2D eigenvalue weighted by molar-refractivity contribution is -0.138. The van der Waals surface area contributed by atoms with Gasteiger partial charge in [0.15, 0.2) is 11.6 Å². The van der Waals surface area contributed by atoms with Gasteiger partial charge in [0.25, 0.3) is 5.91 Å². The molecule has 0 aliphatic carbocycles. The van der Waals surface area contributed by atoms with Crippen LogP contribution in [0, 0.1) is 29.2 Å². The topological polar surface area (TPSA) is 49.9 Å². The Morgan fingerprint density at radius 1 is 0.758 bits per heavy atom. The summed E-state index contributed by atoms with van der Waals surface area (Å²) >= 11 is 0. The standard InChI is InChI=1S/C24H24F4N2O3/c25-16-1-3-19(20(27)13-16)24(32)30-9-5-15(6-10-30)23(31)29-11-7-18(8-12-29)33-22-4-2-17(26)14-21(22)28/h1-4,13-15,18H,5-12H2. The first-order valence-electron chi connectivity index (χ1n) is 11.0. The molecule has 0 N–H and O–H groups in total. The van der Waals surface area contributed by atoms with Crippen molar-refractivity contribution < 1.29 is 31.9 Å². The Labute approximate surface area is 188 Å². The number of nitrogens with zero attached hydrogens (tertiary/aromatic N) is 2. The first-order chi connectivity index (χ1) is 15.8. The molecule has 0 aromatic heterocycles. The molecule has 2 heterocycles. The van der Waals surface area contributed by atoms with Crippen LogP contribution in [0.5, 0.6) is 5.75 Å². The highest BCUT2D eigenvalue weighted by atomic mass is 19.1. The second-order valence-corrected chi connectivity index (χ2v) is 8.41. The van der Waals surface area contributed by atoms with Crippen molar-refractivity contribution in [2.75, 3.05) is 26.2 Å². The molecule has 2 aromatic rings. The minimum atomic E-state index is -0.899. The predicted octanol–water partition coefficient (Wildman–Crippen LogP) is 4.17. The summed E-state index contributed by atoms with van der Waals surface area (Å²) in [6.45, 7) is 1.56. The summed E-state index contributed by atoms with van der Waals surface area (Å²) in [4.78, 5) is 28.7. The van der Waals surface area contributed by atoms with Crippen molar-refractivity contribution in [3.05, 3.63) is 65.2 Å². The van der Waals surface area contributed by atoms with Gasteiger partial charge in [-0.15, -0.1) is 0 Å². The van der Waals surface area contributed by atoms with E-state index in [4.69, 9.17) is 4.74 Å². The van der Waals surface area contributed by atoms with Gasteiger partial charge in [0, 0.05) is 57.1 Å². The Morgan fingerprint density at radius 3 is 1.94 bits per heavy atom. The fraction of sp³-hybridized carbons (Fsp3) is 0.417. The van der Waals surface area contributed by atoms with E-state index < -0.39 is 29.2 Å². The van der Waals surface area contributed by atoms with Crippen LogP contribution in [0.1, 0.15) is 36.0 Å². The van der Waals surface area contributed by atoms with E-state index >= 15 is 0 Å². The van der Waals surface area contributed by atoms with E-state index in [9.17, 15) is 27.2 Å². The summed E-state index contributed by atoms with van der Waals surface area (Å²) in [5.74, 6) is -3.82. The van der Waals surface area contributed by atoms with Gasteiger partial charge in [-0.1, -0.05) is 0 Å². The number of amides is 2. The fourth-order valence-corrected chi connectivity index (χ4v) is 4.37. The zero-order valence-electron chi connectivity index (χ0n) is 17.9. The summed E-state index contributed by atoms with van der Waals surface area (Å²) in [6.07, 6.45) is 1.72. The molecule has 0 atom stereocenters. The van der Waals surface area contributed by atoms with Crippen molar-refractivity contribution in [1.29, 1.82) is 0 Å². The van der Waals surface area contributed by atoms with Crippen LogP contribution in [0.3, 0.4) is 0 Å². The Kier molecular flexibility index (Phi) is 6.85. The highest BCUT2D eigenvalue weighted by molar-refractivity contribution is 5.94. The number of hydrogen-bond donors (Lipinski definition) is 0. The molecule has 0 unspecified atom stereocenters. The van der Waals surface area contributed by atoms with Crippen LogP contribution < -0.4 is 4.74 Å². The number of rotatable bonds is 4. The molecule has 0 bridgehead atoms. The molecule has 9 heteroatoms. The summed E-state index contributed by atoms with van der Waals surface area (Å²) < 4.78 is 59.5. The third-order valence-electron chi connectivity index (χ3n) is 6.23. The molecule has 2 aliphatic rings. The zero-order valence-corrected chi connectivity index (χ0v) is 17.9. The summed E-state index contributed by atoms with van der Waals surface area (Å²) in [5, 5.41) is 0. The van der Waals surface area contributed by atoms with Crippen LogP contribution in [0.25, 0.3) is 0 Å². The van der Waals surface area contributed by atoms with E-state index in [1.54, 1.807) is 4.90 Å². The summed E-state index contributed by atoms with van der Waals surface area (Å²) in [7, 11) is 0. The van der Waals surface area contributed by atoms with E-state index in [0.717, 1.165) is 24.3 Å². The number of likely N-dealkylation sites (tertiary alicyclic amines) is 2. The lowest BCUT2D eigenvalue weighted by Crippen LogP contribution is -2.47. The number of carbonyl (C=O) groups is 2. The van der Waals surface area contributed by atoms with Crippen molar-refractivity contribution in [3.63, 3.8) is 0 Å². The van der Waals surface area contributed by atoms with Crippen molar-refractivity contribution >= 4 is 11.8 Å². The minimum Gasteiger partial charge on any atom is -0.487 e. The number of benzene rings is 2. The van der Waals surface area contributed by atoms with Crippen LogP contribution in [-0.2, 0) is 4.79 Å². The molecule has 2 fully saturated rings. The van der Waals surface area contributed by atoms with Crippen molar-refractivity contribution in [3.8, 4) is 5.75 Å². The number of halogens is 4. The molecular formula is C24H24F4N2O3. The third kappa shape index (κ3) is 5.29. The van der Waals surface area contributed by atoms with Crippen LogP contribution in [-0.4, -0.2) is 53.9 Å². The molecule has 4 rings (SSSR count). The minimum absolute atomic E-state index is 0.00137. The highest BCUT2D eigenvalue weighted by Crippen LogP contribution is 2.26. The average molecular weight is 464 g/mol. The van der Waals surface area contributed by atoms with E-state index in [1.807, 2.05) is 0 Å². The normalized spacial score (nSPS) is 17.8. The maximum atomic E-state index is 13.9. The Balaban J connectivity index is 1.26. The van der Waals surface area contributed by atoms with E-state index in [-0.39, 0.29) is 29.2 Å². The average Bonchev–Trinajstić information content (AvgIpc) is 2.81. The van der Waals surface area contributed by atoms with Crippen LogP contribution in [0.2, 0.25) is 0 Å². The monoisotopic (exact) mass is 464 g/mol. The Morgan fingerprint density at radius 2 is 1.33 bits per heavy atom. The highest BCUT2D eigenvalue weighted by Gasteiger charge is 2.33. The Hall–Kier alpha value is -3.10. The lowest BCUT2D eigenvalue weighted by atomic mass is 9.93.